The summed E-state index contributed by atoms with van der Waals surface area (Å²) < 4.78 is 7.60. The van der Waals surface area contributed by atoms with Crippen molar-refractivity contribution < 1.29 is 14.3 Å². The molecule has 0 aliphatic carbocycles. The molecule has 0 aliphatic rings. The van der Waals surface area contributed by atoms with E-state index in [1.54, 1.807) is 10.7 Å². The molecule has 1 aromatic heterocycles. The van der Waals surface area contributed by atoms with Crippen molar-refractivity contribution in [1.82, 2.24) is 9.78 Å². The van der Waals surface area contributed by atoms with Crippen LogP contribution in [0.5, 0.6) is 5.88 Å². The van der Waals surface area contributed by atoms with E-state index in [0.29, 0.717) is 28.4 Å². The van der Waals surface area contributed by atoms with Crippen LogP contribution < -0.4 is 15.0 Å². The van der Waals surface area contributed by atoms with Crippen molar-refractivity contribution in [2.45, 2.75) is 27.7 Å². The van der Waals surface area contributed by atoms with Crippen LogP contribution in [0.25, 0.3) is 28.1 Å². The highest BCUT2D eigenvalue weighted by Gasteiger charge is 2.25. The van der Waals surface area contributed by atoms with E-state index >= 15 is 0 Å². The Balaban J connectivity index is 1.64. The van der Waals surface area contributed by atoms with Gasteiger partial charge in [0.1, 0.15) is 5.69 Å². The predicted octanol–water partition coefficient (Wildman–Crippen LogP) is 7.38. The third kappa shape index (κ3) is 5.95. The molecule has 0 radical (unpaired) electrons. The van der Waals surface area contributed by atoms with E-state index in [1.165, 1.54) is 6.92 Å². The van der Waals surface area contributed by atoms with Gasteiger partial charge in [0.15, 0.2) is 0 Å². The van der Waals surface area contributed by atoms with Gasteiger partial charge < -0.3 is 15.0 Å². The summed E-state index contributed by atoms with van der Waals surface area (Å²) in [5.74, 6) is -0.296. The number of anilines is 2. The van der Waals surface area contributed by atoms with Crippen LogP contribution in [0.1, 0.15) is 34.0 Å². The van der Waals surface area contributed by atoms with Crippen molar-refractivity contribution in [3.63, 3.8) is 0 Å². The van der Waals surface area contributed by atoms with Crippen molar-refractivity contribution in [3.05, 3.63) is 113 Å². The monoisotopic (exact) mass is 558 g/mol. The van der Waals surface area contributed by atoms with Gasteiger partial charge in [-0.2, -0.15) is 9.78 Å². The third-order valence-corrected chi connectivity index (χ3v) is 7.05. The molecule has 1 heterocycles. The van der Waals surface area contributed by atoms with E-state index in [4.69, 9.17) is 9.84 Å². The number of nitrogens with zero attached hydrogens (tertiary/aromatic N) is 3. The molecule has 5 rings (SSSR count). The van der Waals surface area contributed by atoms with Crippen LogP contribution in [0, 0.1) is 20.8 Å². The number of amides is 1. The van der Waals surface area contributed by atoms with Gasteiger partial charge in [0.05, 0.1) is 11.3 Å². The summed E-state index contributed by atoms with van der Waals surface area (Å²) >= 11 is 0. The minimum Gasteiger partial charge on any atom is -0.407 e. The van der Waals surface area contributed by atoms with Crippen LogP contribution in [0.2, 0.25) is 0 Å². The first-order valence-corrected chi connectivity index (χ1v) is 13.8. The smallest absolute Gasteiger partial charge is 0.309 e. The van der Waals surface area contributed by atoms with E-state index in [9.17, 15) is 9.59 Å². The Hall–Kier alpha value is -5.17. The minimum absolute atomic E-state index is 0.184. The summed E-state index contributed by atoms with van der Waals surface area (Å²) in [6.07, 6.45) is 0. The van der Waals surface area contributed by atoms with Gasteiger partial charge in [0.2, 0.25) is 5.88 Å². The van der Waals surface area contributed by atoms with Crippen molar-refractivity contribution in [1.29, 1.82) is 0 Å². The zero-order chi connectivity index (χ0) is 30.0. The maximum absolute atomic E-state index is 12.8. The molecule has 0 aliphatic heterocycles. The Labute approximate surface area is 246 Å². The van der Waals surface area contributed by atoms with Crippen LogP contribution in [-0.4, -0.2) is 35.8 Å². The molecule has 5 aromatic rings. The molecule has 0 bridgehead atoms. The predicted molar refractivity (Wildman–Crippen MR) is 169 cm³/mol. The van der Waals surface area contributed by atoms with Crippen molar-refractivity contribution in [2.75, 3.05) is 24.3 Å². The lowest BCUT2D eigenvalue weighted by Crippen LogP contribution is -2.11. The summed E-state index contributed by atoms with van der Waals surface area (Å²) in [7, 11) is 3.99. The second-order valence-corrected chi connectivity index (χ2v) is 10.7. The Bertz CT molecular complexity index is 1770. The summed E-state index contributed by atoms with van der Waals surface area (Å²) in [5, 5.41) is 8.00. The molecule has 1 amide bonds. The van der Waals surface area contributed by atoms with Gasteiger partial charge in [-0.25, -0.2) is 0 Å². The summed E-state index contributed by atoms with van der Waals surface area (Å²) in [5.41, 5.74) is 9.23. The summed E-state index contributed by atoms with van der Waals surface area (Å²) in [4.78, 5) is 27.3. The molecule has 0 unspecified atom stereocenters. The first kappa shape index (κ1) is 28.4. The molecule has 4 aromatic carbocycles. The molecule has 0 spiro atoms. The van der Waals surface area contributed by atoms with Crippen LogP contribution >= 0.6 is 0 Å². The second-order valence-electron chi connectivity index (χ2n) is 10.7. The quantitative estimate of drug-likeness (QED) is 0.211. The molecule has 7 heteroatoms. The van der Waals surface area contributed by atoms with E-state index in [-0.39, 0.29) is 5.91 Å². The Kier molecular flexibility index (Phi) is 7.93. The van der Waals surface area contributed by atoms with Gasteiger partial charge in [-0.3, -0.25) is 9.59 Å². The van der Waals surface area contributed by atoms with Crippen molar-refractivity contribution in [3.8, 4) is 34.0 Å². The maximum atomic E-state index is 12.8. The first-order valence-electron chi connectivity index (χ1n) is 13.8. The number of ether oxygens (including phenoxy) is 1. The molecule has 7 nitrogen and oxygen atoms in total. The molecular formula is C35H34N4O3. The Morgan fingerprint density at radius 1 is 0.810 bits per heavy atom. The fourth-order valence-electron chi connectivity index (χ4n) is 4.83. The average Bonchev–Trinajstić information content (AvgIpc) is 3.32. The fourth-order valence-corrected chi connectivity index (χ4v) is 4.83. The van der Waals surface area contributed by atoms with Gasteiger partial charge in [-0.1, -0.05) is 54.1 Å². The number of esters is 1. The lowest BCUT2D eigenvalue weighted by atomic mass is 10.0. The molecule has 0 atom stereocenters. The van der Waals surface area contributed by atoms with Gasteiger partial charge in [0, 0.05) is 43.5 Å². The SMILES string of the molecule is CC(=O)Oc1c(-c2ccc(NC(=O)c3cccc(C)c3)cc2)c(-c2ccc(N(C)C)cc2)nn1-c1cc(C)ccc1C. The molecule has 0 saturated carbocycles. The van der Waals surface area contributed by atoms with Gasteiger partial charge in [-0.05, 0) is 79.9 Å². The molecule has 0 saturated heterocycles. The van der Waals surface area contributed by atoms with E-state index in [2.05, 4.69) is 5.32 Å². The highest BCUT2D eigenvalue weighted by Crippen LogP contribution is 2.42. The number of hydrogen-bond donors (Lipinski definition) is 1. The first-order chi connectivity index (χ1) is 20.1. The number of aromatic nitrogens is 2. The fraction of sp³-hybridized carbons (Fsp3) is 0.171. The maximum Gasteiger partial charge on any atom is 0.309 e. The van der Waals surface area contributed by atoms with Crippen LogP contribution in [0.4, 0.5) is 11.4 Å². The number of benzene rings is 4. The minimum atomic E-state index is -0.445. The number of carbonyl (C=O) groups excluding carboxylic acids is 2. The van der Waals surface area contributed by atoms with E-state index < -0.39 is 5.97 Å². The average molecular weight is 559 g/mol. The van der Waals surface area contributed by atoms with Gasteiger partial charge in [0.25, 0.3) is 5.91 Å². The molecule has 212 valence electrons. The Morgan fingerprint density at radius 2 is 1.48 bits per heavy atom. The number of aryl methyl sites for hydroxylation is 3. The second kappa shape index (κ2) is 11.7. The number of hydrogen-bond acceptors (Lipinski definition) is 5. The van der Waals surface area contributed by atoms with E-state index in [1.807, 2.05) is 125 Å². The largest absolute Gasteiger partial charge is 0.407 e. The van der Waals surface area contributed by atoms with Gasteiger partial charge >= 0.3 is 5.97 Å². The lowest BCUT2D eigenvalue weighted by Gasteiger charge is -2.13. The molecular weight excluding hydrogens is 524 g/mol. The van der Waals surface area contributed by atoms with Crippen molar-refractivity contribution in [2.24, 2.45) is 0 Å². The normalized spacial score (nSPS) is 10.8. The summed E-state index contributed by atoms with van der Waals surface area (Å²) in [6.45, 7) is 7.37. The number of rotatable bonds is 7. The number of nitrogens with one attached hydrogen (secondary N) is 1. The van der Waals surface area contributed by atoms with Crippen molar-refractivity contribution >= 4 is 23.3 Å². The molecule has 42 heavy (non-hydrogen) atoms. The zero-order valence-electron chi connectivity index (χ0n) is 24.7. The van der Waals surface area contributed by atoms with Crippen LogP contribution in [0.3, 0.4) is 0 Å². The summed E-state index contributed by atoms with van der Waals surface area (Å²) in [6, 6.07) is 29.2. The van der Waals surface area contributed by atoms with Crippen LogP contribution in [0.15, 0.2) is 91.0 Å². The lowest BCUT2D eigenvalue weighted by molar-refractivity contribution is -0.132. The van der Waals surface area contributed by atoms with Crippen LogP contribution in [-0.2, 0) is 4.79 Å². The zero-order valence-corrected chi connectivity index (χ0v) is 24.7. The molecule has 0 fully saturated rings. The molecule has 1 N–H and O–H groups in total. The highest BCUT2D eigenvalue weighted by molar-refractivity contribution is 6.04. The topological polar surface area (TPSA) is 76.5 Å². The standard InChI is InChI=1S/C35H34N4O3/c1-22-8-7-9-28(20-22)34(41)36-29-16-12-26(13-17-29)32-33(27-14-18-30(19-15-27)38(5)6)37-39(35(32)42-25(4)40)31-21-23(2)10-11-24(31)3/h7-21H,1-6H3,(H,36,41). The highest BCUT2D eigenvalue weighted by atomic mass is 16.5. The Morgan fingerprint density at radius 3 is 2.12 bits per heavy atom. The number of carbonyl (C=O) groups is 2. The van der Waals surface area contributed by atoms with Gasteiger partial charge in [-0.15, -0.1) is 0 Å². The third-order valence-electron chi connectivity index (χ3n) is 7.05. The van der Waals surface area contributed by atoms with E-state index in [0.717, 1.165) is 39.2 Å².